The summed E-state index contributed by atoms with van der Waals surface area (Å²) in [6.07, 6.45) is 3.54. The molecule has 3 aliphatic heterocycles. The zero-order chi connectivity index (χ0) is 11.7. The first-order valence-corrected chi connectivity index (χ1v) is 6.08. The van der Waals surface area contributed by atoms with Crippen LogP contribution in [0.25, 0.3) is 0 Å². The first-order chi connectivity index (χ1) is 7.58. The summed E-state index contributed by atoms with van der Waals surface area (Å²) in [6, 6.07) is 0.0578. The molecule has 3 fully saturated rings. The van der Waals surface area contributed by atoms with Gasteiger partial charge in [-0.15, -0.1) is 0 Å². The average molecular weight is 223 g/mol. The minimum Gasteiger partial charge on any atom is -0.366 e. The molecule has 0 spiro atoms. The molecule has 4 nitrogen and oxygen atoms in total. The lowest BCUT2D eigenvalue weighted by Gasteiger charge is -2.43. The van der Waals surface area contributed by atoms with Gasteiger partial charge < -0.3 is 4.90 Å². The van der Waals surface area contributed by atoms with Crippen LogP contribution in [0.15, 0.2) is 4.99 Å². The van der Waals surface area contributed by atoms with E-state index in [0.717, 1.165) is 31.3 Å². The zero-order valence-corrected chi connectivity index (χ0v) is 10.4. The van der Waals surface area contributed by atoms with E-state index in [4.69, 9.17) is 0 Å². The van der Waals surface area contributed by atoms with Crippen LogP contribution < -0.4 is 0 Å². The Labute approximate surface area is 97.3 Å². The normalized spacial score (nSPS) is 33.9. The maximum atomic E-state index is 12.0. The van der Waals surface area contributed by atoms with Crippen molar-refractivity contribution in [2.24, 2.45) is 10.9 Å². The molecule has 0 N–H and O–H groups in total. The number of hydrogen-bond donors (Lipinski definition) is 0. The number of piperidine rings is 3. The van der Waals surface area contributed by atoms with Crippen LogP contribution >= 0.6 is 0 Å². The largest absolute Gasteiger partial charge is 0.366 e. The molecule has 90 valence electrons. The Morgan fingerprint density at radius 1 is 1.31 bits per heavy atom. The molecule has 3 aliphatic rings. The van der Waals surface area contributed by atoms with Gasteiger partial charge in [-0.05, 0) is 45.2 Å². The molecule has 0 radical (unpaired) electrons. The molecule has 3 saturated heterocycles. The molecule has 1 unspecified atom stereocenters. The van der Waals surface area contributed by atoms with E-state index < -0.39 is 0 Å². The third kappa shape index (κ3) is 2.26. The van der Waals surface area contributed by atoms with Gasteiger partial charge in [-0.25, -0.2) is 0 Å². The van der Waals surface area contributed by atoms with E-state index in [1.54, 1.807) is 0 Å². The van der Waals surface area contributed by atoms with Gasteiger partial charge in [-0.2, -0.15) is 4.99 Å². The van der Waals surface area contributed by atoms with Crippen LogP contribution in [-0.4, -0.2) is 54.8 Å². The number of amides is 1. The maximum absolute atomic E-state index is 12.0. The SMILES string of the molecule is CC(=NC(=O)C1CC2CCN1CC2)N(C)C. The lowest BCUT2D eigenvalue weighted by atomic mass is 9.83. The molecule has 0 saturated carbocycles. The topological polar surface area (TPSA) is 35.9 Å². The number of carbonyl (C=O) groups is 1. The number of aliphatic imine (C=N–C) groups is 1. The smallest absolute Gasteiger partial charge is 0.264 e. The monoisotopic (exact) mass is 223 g/mol. The van der Waals surface area contributed by atoms with Crippen LogP contribution in [0.2, 0.25) is 0 Å². The average Bonchev–Trinajstić information content (AvgIpc) is 2.30. The Bertz CT molecular complexity index is 303. The molecule has 4 heteroatoms. The van der Waals surface area contributed by atoms with Crippen molar-refractivity contribution in [3.05, 3.63) is 0 Å². The summed E-state index contributed by atoms with van der Waals surface area (Å²) in [6.45, 7) is 4.05. The molecule has 0 aromatic heterocycles. The number of rotatable bonds is 1. The minimum atomic E-state index is 0.0515. The van der Waals surface area contributed by atoms with E-state index in [0.29, 0.717) is 0 Å². The molecule has 0 aliphatic carbocycles. The molecular weight excluding hydrogens is 202 g/mol. The van der Waals surface area contributed by atoms with E-state index in [-0.39, 0.29) is 11.9 Å². The fourth-order valence-electron chi connectivity index (χ4n) is 2.56. The van der Waals surface area contributed by atoms with E-state index in [9.17, 15) is 4.79 Å². The predicted molar refractivity (Wildman–Crippen MR) is 64.5 cm³/mol. The first kappa shape index (κ1) is 11.6. The van der Waals surface area contributed by atoms with Crippen LogP contribution in [0.1, 0.15) is 26.2 Å². The highest BCUT2D eigenvalue weighted by Gasteiger charge is 2.37. The fourth-order valence-corrected chi connectivity index (χ4v) is 2.56. The highest BCUT2D eigenvalue weighted by Crippen LogP contribution is 2.32. The summed E-state index contributed by atoms with van der Waals surface area (Å²) >= 11 is 0. The number of carbonyl (C=O) groups excluding carboxylic acids is 1. The Hall–Kier alpha value is -0.900. The lowest BCUT2D eigenvalue weighted by Crippen LogP contribution is -2.52. The number of hydrogen-bond acceptors (Lipinski definition) is 2. The number of nitrogens with zero attached hydrogens (tertiary/aromatic N) is 3. The zero-order valence-electron chi connectivity index (χ0n) is 10.4. The summed E-state index contributed by atoms with van der Waals surface area (Å²) in [5, 5.41) is 0. The van der Waals surface area contributed by atoms with Crippen molar-refractivity contribution in [2.45, 2.75) is 32.2 Å². The highest BCUT2D eigenvalue weighted by molar-refractivity contribution is 5.95. The van der Waals surface area contributed by atoms with Crippen molar-refractivity contribution < 1.29 is 4.79 Å². The van der Waals surface area contributed by atoms with Crippen molar-refractivity contribution in [3.8, 4) is 0 Å². The molecule has 1 atom stereocenters. The second-order valence-electron chi connectivity index (χ2n) is 5.12. The summed E-state index contributed by atoms with van der Waals surface area (Å²) in [5.74, 6) is 1.61. The van der Waals surface area contributed by atoms with Crippen molar-refractivity contribution in [1.29, 1.82) is 0 Å². The van der Waals surface area contributed by atoms with Crippen LogP contribution in [-0.2, 0) is 4.79 Å². The van der Waals surface area contributed by atoms with Gasteiger partial charge in [-0.3, -0.25) is 9.69 Å². The maximum Gasteiger partial charge on any atom is 0.264 e. The van der Waals surface area contributed by atoms with Crippen molar-refractivity contribution in [2.75, 3.05) is 27.2 Å². The number of amidine groups is 1. The molecule has 16 heavy (non-hydrogen) atoms. The molecular formula is C12H21N3O. The van der Waals surface area contributed by atoms with E-state index in [1.807, 2.05) is 25.9 Å². The standard InChI is InChI=1S/C12H21N3O/c1-9(14(2)3)13-12(16)11-8-10-4-6-15(11)7-5-10/h10-11H,4-8H2,1-3H3. The van der Waals surface area contributed by atoms with Crippen LogP contribution in [0, 0.1) is 5.92 Å². The molecule has 0 aromatic rings. The Kier molecular flexibility index (Phi) is 3.28. The third-order valence-corrected chi connectivity index (χ3v) is 3.85. The second-order valence-corrected chi connectivity index (χ2v) is 5.12. The third-order valence-electron chi connectivity index (χ3n) is 3.85. The van der Waals surface area contributed by atoms with E-state index in [1.165, 1.54) is 12.8 Å². The van der Waals surface area contributed by atoms with Gasteiger partial charge in [0.2, 0.25) is 0 Å². The van der Waals surface area contributed by atoms with Crippen molar-refractivity contribution in [1.82, 2.24) is 9.80 Å². The molecule has 3 rings (SSSR count). The van der Waals surface area contributed by atoms with Crippen LogP contribution in [0.5, 0.6) is 0 Å². The fraction of sp³-hybridized carbons (Fsp3) is 0.833. The van der Waals surface area contributed by atoms with Crippen LogP contribution in [0.4, 0.5) is 0 Å². The van der Waals surface area contributed by atoms with Gasteiger partial charge in [0, 0.05) is 14.1 Å². The lowest BCUT2D eigenvalue weighted by molar-refractivity contribution is -0.127. The quantitative estimate of drug-likeness (QED) is 0.491. The van der Waals surface area contributed by atoms with Gasteiger partial charge >= 0.3 is 0 Å². The summed E-state index contributed by atoms with van der Waals surface area (Å²) in [7, 11) is 3.83. The van der Waals surface area contributed by atoms with Gasteiger partial charge in [0.05, 0.1) is 6.04 Å². The first-order valence-electron chi connectivity index (χ1n) is 6.08. The summed E-state index contributed by atoms with van der Waals surface area (Å²) in [5.41, 5.74) is 0. The summed E-state index contributed by atoms with van der Waals surface area (Å²) < 4.78 is 0. The van der Waals surface area contributed by atoms with Gasteiger partial charge in [-0.1, -0.05) is 0 Å². The Morgan fingerprint density at radius 3 is 2.38 bits per heavy atom. The predicted octanol–water partition coefficient (Wildman–Crippen LogP) is 0.977. The summed E-state index contributed by atoms with van der Waals surface area (Å²) in [4.78, 5) is 20.4. The van der Waals surface area contributed by atoms with Crippen LogP contribution in [0.3, 0.4) is 0 Å². The van der Waals surface area contributed by atoms with E-state index in [2.05, 4.69) is 9.89 Å². The van der Waals surface area contributed by atoms with Crippen molar-refractivity contribution >= 4 is 11.7 Å². The van der Waals surface area contributed by atoms with Gasteiger partial charge in [0.15, 0.2) is 0 Å². The molecule has 3 heterocycles. The number of fused-ring (bicyclic) bond motifs is 3. The minimum absolute atomic E-state index is 0.0515. The molecule has 0 aromatic carbocycles. The Balaban J connectivity index is 2.03. The van der Waals surface area contributed by atoms with Crippen molar-refractivity contribution in [3.63, 3.8) is 0 Å². The molecule has 1 amide bonds. The van der Waals surface area contributed by atoms with Gasteiger partial charge in [0.25, 0.3) is 5.91 Å². The Morgan fingerprint density at radius 2 is 1.94 bits per heavy atom. The molecule has 2 bridgehead atoms. The second kappa shape index (κ2) is 4.53. The highest BCUT2D eigenvalue weighted by atomic mass is 16.1. The van der Waals surface area contributed by atoms with E-state index >= 15 is 0 Å². The van der Waals surface area contributed by atoms with Gasteiger partial charge in [0.1, 0.15) is 5.84 Å².